The van der Waals surface area contributed by atoms with Crippen molar-refractivity contribution in [3.63, 3.8) is 0 Å². The van der Waals surface area contributed by atoms with E-state index in [0.717, 1.165) is 11.4 Å². The van der Waals surface area contributed by atoms with E-state index in [2.05, 4.69) is 15.1 Å². The predicted molar refractivity (Wildman–Crippen MR) is 95.2 cm³/mol. The van der Waals surface area contributed by atoms with E-state index < -0.39 is 0 Å². The van der Waals surface area contributed by atoms with Crippen LogP contribution in [0.1, 0.15) is 28.3 Å². The van der Waals surface area contributed by atoms with Gasteiger partial charge in [-0.05, 0) is 20.3 Å². The minimum Gasteiger partial charge on any atom is -0.384 e. The molecule has 3 rings (SSSR count). The first kappa shape index (κ1) is 17.8. The summed E-state index contributed by atoms with van der Waals surface area (Å²) >= 11 is 0. The Morgan fingerprint density at radius 3 is 2.42 bits per heavy atom. The molecule has 3 heterocycles. The van der Waals surface area contributed by atoms with Crippen LogP contribution in [0.2, 0.25) is 0 Å². The maximum absolute atomic E-state index is 12.6. The first-order valence-corrected chi connectivity index (χ1v) is 8.59. The molecule has 0 atom stereocenters. The Kier molecular flexibility index (Phi) is 5.15. The maximum atomic E-state index is 12.6. The van der Waals surface area contributed by atoms with E-state index in [1.54, 1.807) is 22.1 Å². The van der Waals surface area contributed by atoms with Crippen molar-refractivity contribution in [3.8, 4) is 0 Å². The molecule has 1 saturated heterocycles. The van der Waals surface area contributed by atoms with Gasteiger partial charge in [-0.1, -0.05) is 0 Å². The molecule has 1 aliphatic rings. The molecule has 9 heteroatoms. The average molecular weight is 357 g/mol. The van der Waals surface area contributed by atoms with Gasteiger partial charge in [0.1, 0.15) is 18.1 Å². The van der Waals surface area contributed by atoms with Crippen LogP contribution in [-0.4, -0.2) is 67.5 Å². The smallest absolute Gasteiger partial charge is 0.274 e. The molecule has 0 aromatic carbocycles. The summed E-state index contributed by atoms with van der Waals surface area (Å²) in [5.41, 5.74) is 7.73. The Morgan fingerprint density at radius 1 is 1.04 bits per heavy atom. The number of rotatable bonds is 3. The van der Waals surface area contributed by atoms with Crippen molar-refractivity contribution in [1.82, 2.24) is 29.5 Å². The van der Waals surface area contributed by atoms with Crippen molar-refractivity contribution in [2.45, 2.75) is 26.8 Å². The number of hydrogen-bond donors (Lipinski definition) is 1. The van der Waals surface area contributed by atoms with Crippen LogP contribution in [0.5, 0.6) is 0 Å². The van der Waals surface area contributed by atoms with E-state index in [1.165, 1.54) is 10.9 Å². The van der Waals surface area contributed by atoms with Gasteiger partial charge in [0.15, 0.2) is 0 Å². The minimum absolute atomic E-state index is 0.0516. The predicted octanol–water partition coefficient (Wildman–Crippen LogP) is 0.247. The molecule has 9 nitrogen and oxygen atoms in total. The lowest BCUT2D eigenvalue weighted by Crippen LogP contribution is -2.39. The van der Waals surface area contributed by atoms with E-state index in [1.807, 2.05) is 13.8 Å². The van der Waals surface area contributed by atoms with Gasteiger partial charge in [0, 0.05) is 38.4 Å². The number of nitrogen functional groups attached to an aromatic ring is 1. The van der Waals surface area contributed by atoms with Gasteiger partial charge in [-0.3, -0.25) is 14.6 Å². The molecule has 2 aromatic rings. The first-order valence-electron chi connectivity index (χ1n) is 8.59. The number of carbonyl (C=O) groups is 2. The number of nitrogens with two attached hydrogens (primary N) is 1. The molecule has 2 aromatic heterocycles. The molecule has 0 spiro atoms. The van der Waals surface area contributed by atoms with Crippen LogP contribution < -0.4 is 5.73 Å². The normalized spacial score (nSPS) is 15.0. The topological polar surface area (TPSA) is 110 Å². The van der Waals surface area contributed by atoms with Crippen molar-refractivity contribution >= 4 is 17.6 Å². The van der Waals surface area contributed by atoms with Crippen LogP contribution >= 0.6 is 0 Å². The van der Waals surface area contributed by atoms with Gasteiger partial charge in [-0.25, -0.2) is 9.67 Å². The second kappa shape index (κ2) is 7.51. The van der Waals surface area contributed by atoms with Gasteiger partial charge >= 0.3 is 0 Å². The Bertz CT molecular complexity index is 800. The average Bonchev–Trinajstić information content (AvgIpc) is 2.81. The van der Waals surface area contributed by atoms with Crippen molar-refractivity contribution < 1.29 is 9.59 Å². The molecular weight excluding hydrogens is 334 g/mol. The lowest BCUT2D eigenvalue weighted by atomic mass is 10.3. The summed E-state index contributed by atoms with van der Waals surface area (Å²) in [7, 11) is 0. The van der Waals surface area contributed by atoms with E-state index >= 15 is 0 Å². The molecule has 0 unspecified atom stereocenters. The Balaban J connectivity index is 1.60. The van der Waals surface area contributed by atoms with Gasteiger partial charge < -0.3 is 15.5 Å². The van der Waals surface area contributed by atoms with Crippen LogP contribution in [0.3, 0.4) is 0 Å². The van der Waals surface area contributed by atoms with Crippen LogP contribution in [-0.2, 0) is 11.3 Å². The summed E-state index contributed by atoms with van der Waals surface area (Å²) in [6.45, 7) is 5.89. The zero-order chi connectivity index (χ0) is 18.7. The summed E-state index contributed by atoms with van der Waals surface area (Å²) in [4.78, 5) is 36.9. The summed E-state index contributed by atoms with van der Waals surface area (Å²) in [6, 6.07) is 1.73. The second-order valence-corrected chi connectivity index (χ2v) is 6.44. The molecule has 26 heavy (non-hydrogen) atoms. The molecule has 1 aliphatic heterocycles. The summed E-state index contributed by atoms with van der Waals surface area (Å²) in [6.07, 6.45) is 3.79. The van der Waals surface area contributed by atoms with Crippen molar-refractivity contribution in [1.29, 1.82) is 0 Å². The SMILES string of the molecule is Cc1cnc(C(=O)N2CCCN(C(=O)Cn3nc(C)cc3N)CC2)cn1. The third kappa shape index (κ3) is 3.98. The zero-order valence-electron chi connectivity index (χ0n) is 15.1. The molecular formula is C17H23N7O2. The van der Waals surface area contributed by atoms with Crippen molar-refractivity contribution in [3.05, 3.63) is 35.5 Å². The number of aromatic nitrogens is 4. The lowest BCUT2D eigenvalue weighted by Gasteiger charge is -2.22. The third-order valence-corrected chi connectivity index (χ3v) is 4.35. The number of nitrogens with zero attached hydrogens (tertiary/aromatic N) is 6. The van der Waals surface area contributed by atoms with Crippen molar-refractivity contribution in [2.75, 3.05) is 31.9 Å². The zero-order valence-corrected chi connectivity index (χ0v) is 15.1. The van der Waals surface area contributed by atoms with Crippen LogP contribution in [0.4, 0.5) is 5.82 Å². The number of hydrogen-bond acceptors (Lipinski definition) is 6. The van der Waals surface area contributed by atoms with Gasteiger partial charge in [-0.15, -0.1) is 0 Å². The minimum atomic E-state index is -0.154. The highest BCUT2D eigenvalue weighted by Crippen LogP contribution is 2.10. The molecule has 1 fully saturated rings. The monoisotopic (exact) mass is 357 g/mol. The standard InChI is InChI=1S/C17H23N7O2/c1-12-8-15(18)24(21-12)11-16(25)22-4-3-5-23(7-6-22)17(26)14-10-19-13(2)9-20-14/h8-10H,3-7,11,18H2,1-2H3. The quantitative estimate of drug-likeness (QED) is 0.843. The lowest BCUT2D eigenvalue weighted by molar-refractivity contribution is -0.131. The van der Waals surface area contributed by atoms with Crippen LogP contribution in [0.25, 0.3) is 0 Å². The second-order valence-electron chi connectivity index (χ2n) is 6.44. The summed E-state index contributed by atoms with van der Waals surface area (Å²) in [5.74, 6) is 0.267. The molecule has 2 amide bonds. The largest absolute Gasteiger partial charge is 0.384 e. The molecule has 0 aliphatic carbocycles. The van der Waals surface area contributed by atoms with Gasteiger partial charge in [-0.2, -0.15) is 5.10 Å². The van der Waals surface area contributed by atoms with Gasteiger partial charge in [0.05, 0.1) is 17.6 Å². The Labute approximate surface area is 151 Å². The third-order valence-electron chi connectivity index (χ3n) is 4.35. The Hall–Kier alpha value is -2.97. The molecule has 0 radical (unpaired) electrons. The van der Waals surface area contributed by atoms with Gasteiger partial charge in [0.2, 0.25) is 5.91 Å². The van der Waals surface area contributed by atoms with E-state index in [9.17, 15) is 9.59 Å². The number of aryl methyl sites for hydroxylation is 2. The number of carbonyl (C=O) groups excluding carboxylic acids is 2. The van der Waals surface area contributed by atoms with E-state index in [4.69, 9.17) is 5.73 Å². The summed E-state index contributed by atoms with van der Waals surface area (Å²) < 4.78 is 1.51. The highest BCUT2D eigenvalue weighted by atomic mass is 16.2. The van der Waals surface area contributed by atoms with Crippen LogP contribution in [0.15, 0.2) is 18.5 Å². The first-order chi connectivity index (χ1) is 12.4. The fraction of sp³-hybridized carbons (Fsp3) is 0.471. The van der Waals surface area contributed by atoms with Crippen LogP contribution in [0, 0.1) is 13.8 Å². The number of anilines is 1. The maximum Gasteiger partial charge on any atom is 0.274 e. The Morgan fingerprint density at radius 2 is 1.77 bits per heavy atom. The molecule has 138 valence electrons. The number of amides is 2. The molecule has 2 N–H and O–H groups in total. The fourth-order valence-electron chi connectivity index (χ4n) is 2.96. The highest BCUT2D eigenvalue weighted by molar-refractivity contribution is 5.92. The molecule has 0 saturated carbocycles. The summed E-state index contributed by atoms with van der Waals surface area (Å²) in [5, 5.41) is 4.22. The van der Waals surface area contributed by atoms with E-state index in [-0.39, 0.29) is 18.4 Å². The molecule has 0 bridgehead atoms. The highest BCUT2D eigenvalue weighted by Gasteiger charge is 2.24. The van der Waals surface area contributed by atoms with Crippen molar-refractivity contribution in [2.24, 2.45) is 0 Å². The van der Waals surface area contributed by atoms with Gasteiger partial charge in [0.25, 0.3) is 5.91 Å². The fourth-order valence-corrected chi connectivity index (χ4v) is 2.96. The van der Waals surface area contributed by atoms with E-state index in [0.29, 0.717) is 44.1 Å².